The smallest absolute Gasteiger partial charge is 0.246 e. The predicted octanol–water partition coefficient (Wildman–Crippen LogP) is 2.45. The van der Waals surface area contributed by atoms with Gasteiger partial charge in [-0.3, -0.25) is 9.59 Å². The van der Waals surface area contributed by atoms with Crippen molar-refractivity contribution in [2.75, 3.05) is 39.0 Å². The van der Waals surface area contributed by atoms with Gasteiger partial charge in [-0.2, -0.15) is 0 Å². The second kappa shape index (κ2) is 11.9. The van der Waals surface area contributed by atoms with Crippen LogP contribution in [0, 0.1) is 5.41 Å². The molecule has 1 aromatic rings. The summed E-state index contributed by atoms with van der Waals surface area (Å²) in [5.74, 6) is 0.530. The first kappa shape index (κ1) is 24.2. The van der Waals surface area contributed by atoms with Gasteiger partial charge < -0.3 is 20.9 Å². The molecule has 0 radical (unpaired) electrons. The standard InChI is InChI=1S/C20H31N5O2.HI/c1-4-21-19(22-14-17(26)24-16-10-6-5-7-11-16)23-15-20(12-8-9-13-20)18(27)25(2)3;/h5-7,10-11H,4,8-9,12-15H2,1-3H3,(H,24,26)(H2,21,22,23);1H. The van der Waals surface area contributed by atoms with Crippen LogP contribution in [0.2, 0.25) is 0 Å². The monoisotopic (exact) mass is 501 g/mol. The zero-order valence-corrected chi connectivity index (χ0v) is 19.3. The van der Waals surface area contributed by atoms with Gasteiger partial charge in [0.15, 0.2) is 5.96 Å². The summed E-state index contributed by atoms with van der Waals surface area (Å²) in [6.07, 6.45) is 3.89. The van der Waals surface area contributed by atoms with Crippen molar-refractivity contribution < 1.29 is 9.59 Å². The number of amides is 2. The second-order valence-electron chi connectivity index (χ2n) is 7.15. The fraction of sp³-hybridized carbons (Fsp3) is 0.550. The molecular formula is C20H32IN5O2. The summed E-state index contributed by atoms with van der Waals surface area (Å²) in [7, 11) is 3.60. The van der Waals surface area contributed by atoms with Gasteiger partial charge in [0.25, 0.3) is 0 Å². The van der Waals surface area contributed by atoms with E-state index < -0.39 is 0 Å². The lowest BCUT2D eigenvalue weighted by molar-refractivity contribution is -0.138. The summed E-state index contributed by atoms with van der Waals surface area (Å²) < 4.78 is 0. The average Bonchev–Trinajstić information content (AvgIpc) is 3.14. The van der Waals surface area contributed by atoms with E-state index in [0.717, 1.165) is 31.4 Å². The van der Waals surface area contributed by atoms with Crippen molar-refractivity contribution in [1.82, 2.24) is 15.5 Å². The molecule has 2 amide bonds. The first-order valence-corrected chi connectivity index (χ1v) is 9.56. The Morgan fingerprint density at radius 3 is 2.32 bits per heavy atom. The first-order valence-electron chi connectivity index (χ1n) is 9.56. The molecule has 0 unspecified atom stereocenters. The minimum atomic E-state index is -0.383. The van der Waals surface area contributed by atoms with Gasteiger partial charge in [0.1, 0.15) is 6.54 Å². The highest BCUT2D eigenvalue weighted by Crippen LogP contribution is 2.38. The Morgan fingerprint density at radius 2 is 1.75 bits per heavy atom. The molecule has 0 atom stereocenters. The maximum absolute atomic E-state index is 12.7. The van der Waals surface area contributed by atoms with Crippen LogP contribution in [0.25, 0.3) is 0 Å². The molecule has 1 aromatic carbocycles. The third-order valence-electron chi connectivity index (χ3n) is 4.80. The highest BCUT2D eigenvalue weighted by Gasteiger charge is 2.42. The lowest BCUT2D eigenvalue weighted by Gasteiger charge is -2.31. The van der Waals surface area contributed by atoms with Gasteiger partial charge in [-0.1, -0.05) is 31.0 Å². The van der Waals surface area contributed by atoms with Crippen molar-refractivity contribution in [3.63, 3.8) is 0 Å². The molecular weight excluding hydrogens is 469 g/mol. The Morgan fingerprint density at radius 1 is 1.11 bits per heavy atom. The predicted molar refractivity (Wildman–Crippen MR) is 124 cm³/mol. The SMILES string of the molecule is CCNC(=NCC(=O)Nc1ccccc1)NCC1(C(=O)N(C)C)CCCC1.I. The fourth-order valence-electron chi connectivity index (χ4n) is 3.46. The highest BCUT2D eigenvalue weighted by molar-refractivity contribution is 14.0. The molecule has 0 aliphatic heterocycles. The molecule has 1 saturated carbocycles. The number of hydrogen-bond acceptors (Lipinski definition) is 3. The quantitative estimate of drug-likeness (QED) is 0.305. The van der Waals surface area contributed by atoms with Crippen LogP contribution in [0.15, 0.2) is 35.3 Å². The van der Waals surface area contributed by atoms with E-state index in [1.165, 1.54) is 0 Å². The number of rotatable bonds is 7. The summed E-state index contributed by atoms with van der Waals surface area (Å²) in [4.78, 5) is 30.8. The van der Waals surface area contributed by atoms with E-state index in [1.54, 1.807) is 19.0 Å². The Bertz CT molecular complexity index is 658. The third kappa shape index (κ3) is 6.96. The number of aliphatic imine (C=N–C) groups is 1. The summed E-state index contributed by atoms with van der Waals surface area (Å²) in [5.41, 5.74) is 0.364. The minimum absolute atomic E-state index is 0. The van der Waals surface area contributed by atoms with E-state index in [0.29, 0.717) is 19.0 Å². The number of halogens is 1. The topological polar surface area (TPSA) is 85.8 Å². The molecule has 2 rings (SSSR count). The average molecular weight is 501 g/mol. The Balaban J connectivity index is 0.00000392. The number of nitrogens with zero attached hydrogens (tertiary/aromatic N) is 2. The van der Waals surface area contributed by atoms with Gasteiger partial charge in [-0.05, 0) is 31.9 Å². The summed E-state index contributed by atoms with van der Waals surface area (Å²) in [6, 6.07) is 9.30. The third-order valence-corrected chi connectivity index (χ3v) is 4.80. The molecule has 8 heteroatoms. The lowest BCUT2D eigenvalue weighted by atomic mass is 9.84. The number of anilines is 1. The Labute approximate surface area is 184 Å². The molecule has 1 aliphatic rings. The molecule has 0 aromatic heterocycles. The lowest BCUT2D eigenvalue weighted by Crippen LogP contribution is -2.49. The van der Waals surface area contributed by atoms with Crippen molar-refractivity contribution in [2.45, 2.75) is 32.6 Å². The van der Waals surface area contributed by atoms with Gasteiger partial charge in [0.2, 0.25) is 11.8 Å². The van der Waals surface area contributed by atoms with E-state index in [9.17, 15) is 9.59 Å². The van der Waals surface area contributed by atoms with E-state index in [2.05, 4.69) is 20.9 Å². The van der Waals surface area contributed by atoms with Crippen molar-refractivity contribution in [2.24, 2.45) is 10.4 Å². The number of benzene rings is 1. The van der Waals surface area contributed by atoms with Crippen LogP contribution in [0.5, 0.6) is 0 Å². The molecule has 3 N–H and O–H groups in total. The molecule has 7 nitrogen and oxygen atoms in total. The van der Waals surface area contributed by atoms with Crippen molar-refractivity contribution >= 4 is 47.4 Å². The zero-order valence-electron chi connectivity index (χ0n) is 17.0. The minimum Gasteiger partial charge on any atom is -0.357 e. The second-order valence-corrected chi connectivity index (χ2v) is 7.15. The Kier molecular flexibility index (Phi) is 10.3. The zero-order chi connectivity index (χ0) is 19.7. The summed E-state index contributed by atoms with van der Waals surface area (Å²) >= 11 is 0. The number of carbonyl (C=O) groups is 2. The number of guanidine groups is 1. The van der Waals surface area contributed by atoms with Crippen LogP contribution in [0.1, 0.15) is 32.6 Å². The number of carbonyl (C=O) groups excluding carboxylic acids is 2. The first-order chi connectivity index (χ1) is 13.0. The summed E-state index contributed by atoms with van der Waals surface area (Å²) in [6.45, 7) is 3.19. The van der Waals surface area contributed by atoms with Gasteiger partial charge in [0, 0.05) is 32.9 Å². The van der Waals surface area contributed by atoms with Gasteiger partial charge in [-0.15, -0.1) is 24.0 Å². The fourth-order valence-corrected chi connectivity index (χ4v) is 3.46. The highest BCUT2D eigenvalue weighted by atomic mass is 127. The van der Waals surface area contributed by atoms with Crippen molar-refractivity contribution in [3.8, 4) is 0 Å². The van der Waals surface area contributed by atoms with Crippen molar-refractivity contribution in [3.05, 3.63) is 30.3 Å². The molecule has 0 bridgehead atoms. The molecule has 0 saturated heterocycles. The molecule has 1 aliphatic carbocycles. The Hall–Kier alpha value is -1.84. The van der Waals surface area contributed by atoms with Crippen LogP contribution in [0.4, 0.5) is 5.69 Å². The number of nitrogens with one attached hydrogen (secondary N) is 3. The van der Waals surface area contributed by atoms with Crippen LogP contribution < -0.4 is 16.0 Å². The largest absolute Gasteiger partial charge is 0.357 e. The van der Waals surface area contributed by atoms with E-state index >= 15 is 0 Å². The van der Waals surface area contributed by atoms with Crippen LogP contribution in [0.3, 0.4) is 0 Å². The van der Waals surface area contributed by atoms with E-state index in [-0.39, 0.29) is 47.8 Å². The van der Waals surface area contributed by atoms with Crippen LogP contribution in [-0.4, -0.2) is 56.4 Å². The maximum Gasteiger partial charge on any atom is 0.246 e. The number of para-hydroxylation sites is 1. The molecule has 0 heterocycles. The van der Waals surface area contributed by atoms with Gasteiger partial charge in [-0.25, -0.2) is 4.99 Å². The van der Waals surface area contributed by atoms with Gasteiger partial charge >= 0.3 is 0 Å². The van der Waals surface area contributed by atoms with Crippen LogP contribution >= 0.6 is 24.0 Å². The molecule has 28 heavy (non-hydrogen) atoms. The number of hydrogen-bond donors (Lipinski definition) is 3. The molecule has 1 fully saturated rings. The van der Waals surface area contributed by atoms with E-state index in [1.807, 2.05) is 37.3 Å². The van der Waals surface area contributed by atoms with Crippen molar-refractivity contribution in [1.29, 1.82) is 0 Å². The van der Waals surface area contributed by atoms with Crippen LogP contribution in [-0.2, 0) is 9.59 Å². The summed E-state index contributed by atoms with van der Waals surface area (Å²) in [5, 5.41) is 9.23. The molecule has 156 valence electrons. The normalized spacial score (nSPS) is 15.3. The van der Waals surface area contributed by atoms with E-state index in [4.69, 9.17) is 0 Å². The molecule has 0 spiro atoms. The maximum atomic E-state index is 12.7. The van der Waals surface area contributed by atoms with Gasteiger partial charge in [0.05, 0.1) is 5.41 Å².